The molecule has 0 spiro atoms. The molecule has 0 fully saturated rings. The molecule has 158 valence electrons. The number of nitrogens with one attached hydrogen (secondary N) is 1. The van der Waals surface area contributed by atoms with Crippen LogP contribution in [0.1, 0.15) is 11.1 Å². The van der Waals surface area contributed by atoms with Gasteiger partial charge in [-0.1, -0.05) is 64.8 Å². The van der Waals surface area contributed by atoms with E-state index >= 15 is 0 Å². The minimum atomic E-state index is -3.72. The zero-order chi connectivity index (χ0) is 22.2. The molecule has 1 heterocycles. The Labute approximate surface area is 199 Å². The molecule has 0 aromatic heterocycles. The molecule has 0 aliphatic carbocycles. The third-order valence-electron chi connectivity index (χ3n) is 4.57. The van der Waals surface area contributed by atoms with E-state index < -0.39 is 9.84 Å². The van der Waals surface area contributed by atoms with Crippen LogP contribution < -0.4 is 5.32 Å². The van der Waals surface area contributed by atoms with Crippen molar-refractivity contribution in [2.24, 2.45) is 0 Å². The van der Waals surface area contributed by atoms with E-state index in [-0.39, 0.29) is 16.6 Å². The Kier molecular flexibility index (Phi) is 6.37. The molecule has 3 aromatic rings. The summed E-state index contributed by atoms with van der Waals surface area (Å²) in [6, 6.07) is 16.5. The summed E-state index contributed by atoms with van der Waals surface area (Å²) >= 11 is 19.4. The van der Waals surface area contributed by atoms with Gasteiger partial charge in [-0.3, -0.25) is 4.79 Å². The first-order chi connectivity index (χ1) is 14.7. The highest BCUT2D eigenvalue weighted by atomic mass is 35.5. The maximum atomic E-state index is 13.0. The van der Waals surface area contributed by atoms with Gasteiger partial charge in [-0.2, -0.15) is 0 Å². The summed E-state index contributed by atoms with van der Waals surface area (Å²) < 4.78 is 26.0. The third kappa shape index (κ3) is 4.94. The van der Waals surface area contributed by atoms with Crippen molar-refractivity contribution >= 4 is 74.1 Å². The maximum Gasteiger partial charge on any atom is 0.262 e. The molecule has 0 atom stereocenters. The van der Waals surface area contributed by atoms with E-state index in [1.807, 2.05) is 0 Å². The average molecular weight is 511 g/mol. The highest BCUT2D eigenvalue weighted by Gasteiger charge is 2.25. The highest BCUT2D eigenvalue weighted by Crippen LogP contribution is 2.40. The van der Waals surface area contributed by atoms with Crippen molar-refractivity contribution in [1.82, 2.24) is 0 Å². The first-order valence-corrected chi connectivity index (χ1v) is 12.6. The van der Waals surface area contributed by atoms with E-state index in [2.05, 4.69) is 5.32 Å². The van der Waals surface area contributed by atoms with Gasteiger partial charge in [0.05, 0.1) is 21.2 Å². The van der Waals surface area contributed by atoms with Gasteiger partial charge in [0, 0.05) is 25.5 Å². The number of sulfone groups is 1. The van der Waals surface area contributed by atoms with E-state index in [4.69, 9.17) is 34.8 Å². The molecule has 3 aromatic carbocycles. The van der Waals surface area contributed by atoms with Crippen molar-refractivity contribution in [3.63, 3.8) is 0 Å². The average Bonchev–Trinajstić information content (AvgIpc) is 2.73. The summed E-state index contributed by atoms with van der Waals surface area (Å²) in [5.74, 6) is -0.583. The molecule has 9 heteroatoms. The second-order valence-electron chi connectivity index (χ2n) is 6.73. The minimum absolute atomic E-state index is 0.122. The number of fused-ring (bicyclic) bond motifs is 1. The second-order valence-corrected chi connectivity index (χ2v) is 11.1. The first-order valence-electron chi connectivity index (χ1n) is 8.99. The van der Waals surface area contributed by atoms with Gasteiger partial charge < -0.3 is 5.32 Å². The van der Waals surface area contributed by atoms with Crippen LogP contribution in [0.2, 0.25) is 15.1 Å². The molecule has 31 heavy (non-hydrogen) atoms. The molecule has 4 nitrogen and oxygen atoms in total. The van der Waals surface area contributed by atoms with Gasteiger partial charge in [-0.25, -0.2) is 8.42 Å². The van der Waals surface area contributed by atoms with Gasteiger partial charge in [0.1, 0.15) is 0 Å². The van der Waals surface area contributed by atoms with Crippen molar-refractivity contribution in [3.05, 3.63) is 91.8 Å². The van der Waals surface area contributed by atoms with Gasteiger partial charge in [0.25, 0.3) is 5.91 Å². The fraction of sp³-hybridized carbons (Fsp3) is 0.0455. The molecule has 0 saturated heterocycles. The van der Waals surface area contributed by atoms with E-state index in [9.17, 15) is 13.2 Å². The second kappa shape index (κ2) is 8.88. The maximum absolute atomic E-state index is 13.0. The zero-order valence-corrected chi connectivity index (χ0v) is 19.6. The predicted molar refractivity (Wildman–Crippen MR) is 128 cm³/mol. The lowest BCUT2D eigenvalue weighted by molar-refractivity contribution is -0.112. The number of thioether (sulfide) groups is 1. The quantitative estimate of drug-likeness (QED) is 0.396. The van der Waals surface area contributed by atoms with Crippen LogP contribution in [0.4, 0.5) is 5.69 Å². The lowest BCUT2D eigenvalue weighted by Gasteiger charge is -2.19. The third-order valence-corrected chi connectivity index (χ3v) is 8.25. The summed E-state index contributed by atoms with van der Waals surface area (Å²) in [4.78, 5) is 13.6. The Morgan fingerprint density at radius 2 is 1.61 bits per heavy atom. The number of hydrogen-bond acceptors (Lipinski definition) is 4. The number of amides is 1. The first kappa shape index (κ1) is 22.2. The summed E-state index contributed by atoms with van der Waals surface area (Å²) in [6.07, 6.45) is 1.73. The number of hydrogen-bond donors (Lipinski definition) is 1. The largest absolute Gasteiger partial charge is 0.320 e. The summed E-state index contributed by atoms with van der Waals surface area (Å²) in [5.41, 5.74) is 1.72. The van der Waals surface area contributed by atoms with E-state index in [0.29, 0.717) is 36.1 Å². The van der Waals surface area contributed by atoms with E-state index in [1.165, 1.54) is 17.8 Å². The lowest BCUT2D eigenvalue weighted by atomic mass is 10.2. The van der Waals surface area contributed by atoms with Crippen LogP contribution in [0.3, 0.4) is 0 Å². The topological polar surface area (TPSA) is 63.2 Å². The van der Waals surface area contributed by atoms with E-state index in [1.54, 1.807) is 60.7 Å². The van der Waals surface area contributed by atoms with Crippen LogP contribution in [-0.4, -0.2) is 14.3 Å². The Morgan fingerprint density at radius 1 is 0.935 bits per heavy atom. The van der Waals surface area contributed by atoms with Crippen molar-refractivity contribution in [3.8, 4) is 0 Å². The number of benzene rings is 3. The molecule has 0 unspecified atom stereocenters. The number of rotatable bonds is 4. The molecular formula is C22H14Cl3NO3S2. The Balaban J connectivity index is 1.65. The summed E-state index contributed by atoms with van der Waals surface area (Å²) in [7, 11) is -3.72. The predicted octanol–water partition coefficient (Wildman–Crippen LogP) is 6.71. The molecule has 0 bridgehead atoms. The Hall–Kier alpha value is -1.96. The van der Waals surface area contributed by atoms with Crippen LogP contribution in [0, 0.1) is 0 Å². The molecule has 0 saturated carbocycles. The van der Waals surface area contributed by atoms with Crippen molar-refractivity contribution < 1.29 is 13.2 Å². The van der Waals surface area contributed by atoms with Crippen molar-refractivity contribution in [2.45, 2.75) is 15.5 Å². The van der Waals surface area contributed by atoms with Crippen LogP contribution in [-0.2, 0) is 20.4 Å². The number of anilines is 1. The monoisotopic (exact) mass is 509 g/mol. The zero-order valence-electron chi connectivity index (χ0n) is 15.7. The molecule has 4 rings (SSSR count). The van der Waals surface area contributed by atoms with Gasteiger partial charge in [0.15, 0.2) is 9.84 Å². The molecule has 1 N–H and O–H groups in total. The Bertz CT molecular complexity index is 1300. The van der Waals surface area contributed by atoms with Gasteiger partial charge in [-0.15, -0.1) is 0 Å². The molecule has 1 amide bonds. The summed E-state index contributed by atoms with van der Waals surface area (Å²) in [6.45, 7) is 0. The fourth-order valence-electron chi connectivity index (χ4n) is 2.98. The van der Waals surface area contributed by atoms with Gasteiger partial charge >= 0.3 is 0 Å². The number of halogens is 3. The van der Waals surface area contributed by atoms with Crippen LogP contribution in [0.25, 0.3) is 6.08 Å². The van der Waals surface area contributed by atoms with Crippen LogP contribution in [0.15, 0.2) is 75.4 Å². The SMILES string of the molecule is O=C1Nc2ccc(S(=O)(=O)Cc3c(Cl)cccc3Cl)cc2S/C1=C/c1ccc(Cl)cc1. The minimum Gasteiger partial charge on any atom is -0.320 e. The molecule has 1 aliphatic rings. The smallest absolute Gasteiger partial charge is 0.262 e. The fourth-order valence-corrected chi connectivity index (χ4v) is 6.29. The van der Waals surface area contributed by atoms with Gasteiger partial charge in [0.2, 0.25) is 0 Å². The van der Waals surface area contributed by atoms with Crippen LogP contribution in [0.5, 0.6) is 0 Å². The standard InChI is InChI=1S/C22H14Cl3NO3S2/c23-14-6-4-13(5-7-14)10-21-22(27)26-19-9-8-15(11-20(19)30-21)31(28,29)12-16-17(24)2-1-3-18(16)25/h1-11H,12H2,(H,26,27)/b21-10+. The Morgan fingerprint density at radius 3 is 2.29 bits per heavy atom. The normalized spacial score (nSPS) is 14.9. The van der Waals surface area contributed by atoms with Crippen molar-refractivity contribution in [1.29, 1.82) is 0 Å². The van der Waals surface area contributed by atoms with Gasteiger partial charge in [-0.05, 0) is 54.1 Å². The molecule has 1 aliphatic heterocycles. The number of carbonyl (C=O) groups is 1. The highest BCUT2D eigenvalue weighted by molar-refractivity contribution is 8.04. The molecule has 0 radical (unpaired) electrons. The van der Waals surface area contributed by atoms with Crippen molar-refractivity contribution in [2.75, 3.05) is 5.32 Å². The number of carbonyl (C=O) groups excluding carboxylic acids is 1. The van der Waals surface area contributed by atoms with E-state index in [0.717, 1.165) is 5.56 Å². The summed E-state index contributed by atoms with van der Waals surface area (Å²) in [5, 5.41) is 3.99. The molecular weight excluding hydrogens is 497 g/mol. The lowest BCUT2D eigenvalue weighted by Crippen LogP contribution is -2.17. The van der Waals surface area contributed by atoms with Crippen LogP contribution >= 0.6 is 46.6 Å².